The zero-order valence-electron chi connectivity index (χ0n) is 12.0. The van der Waals surface area contributed by atoms with Gasteiger partial charge < -0.3 is 10.4 Å². The van der Waals surface area contributed by atoms with Crippen LogP contribution in [-0.2, 0) is 6.42 Å². The Hall–Kier alpha value is -0.640. The SMILES string of the molecule is CCCNC1CCC(O)(Cc2cc(Cl)ccc2F)CC1. The second-order valence-corrected chi connectivity index (χ2v) is 6.30. The minimum absolute atomic E-state index is 0.283. The summed E-state index contributed by atoms with van der Waals surface area (Å²) in [5.41, 5.74) is -0.282. The highest BCUT2D eigenvalue weighted by Crippen LogP contribution is 2.32. The molecule has 0 bridgehead atoms. The standard InChI is InChI=1S/C16H23ClFNO/c1-2-9-19-14-5-7-16(20,8-6-14)11-12-10-13(17)3-4-15(12)18/h3-4,10,14,19-20H,2,5-9,11H2,1H3. The first-order valence-electron chi connectivity index (χ1n) is 7.42. The van der Waals surface area contributed by atoms with Gasteiger partial charge in [-0.1, -0.05) is 18.5 Å². The molecule has 0 aliphatic heterocycles. The van der Waals surface area contributed by atoms with E-state index in [1.54, 1.807) is 6.07 Å². The molecule has 1 aromatic carbocycles. The summed E-state index contributed by atoms with van der Waals surface area (Å²) in [5, 5.41) is 14.6. The molecule has 112 valence electrons. The third kappa shape index (κ3) is 4.18. The molecule has 0 amide bonds. The molecule has 1 fully saturated rings. The summed E-state index contributed by atoms with van der Waals surface area (Å²) in [5.74, 6) is -0.283. The van der Waals surface area contributed by atoms with Gasteiger partial charge in [0.25, 0.3) is 0 Å². The maximum Gasteiger partial charge on any atom is 0.126 e. The van der Waals surface area contributed by atoms with Gasteiger partial charge in [-0.25, -0.2) is 4.39 Å². The lowest BCUT2D eigenvalue weighted by molar-refractivity contribution is -0.00371. The number of hydrogen-bond donors (Lipinski definition) is 2. The highest BCUT2D eigenvalue weighted by Gasteiger charge is 2.33. The van der Waals surface area contributed by atoms with Gasteiger partial charge in [0.05, 0.1) is 5.60 Å². The summed E-state index contributed by atoms with van der Waals surface area (Å²) < 4.78 is 13.8. The second-order valence-electron chi connectivity index (χ2n) is 5.87. The molecule has 0 aromatic heterocycles. The molecule has 2 N–H and O–H groups in total. The largest absolute Gasteiger partial charge is 0.390 e. The fourth-order valence-electron chi connectivity index (χ4n) is 2.92. The molecule has 1 aromatic rings. The molecule has 2 rings (SSSR count). The van der Waals surface area contributed by atoms with E-state index in [4.69, 9.17) is 11.6 Å². The number of nitrogens with one attached hydrogen (secondary N) is 1. The van der Waals surface area contributed by atoms with Gasteiger partial charge in [-0.05, 0) is 62.4 Å². The van der Waals surface area contributed by atoms with E-state index in [1.807, 2.05) is 0 Å². The van der Waals surface area contributed by atoms with Crippen molar-refractivity contribution in [3.05, 3.63) is 34.6 Å². The Labute approximate surface area is 125 Å². The monoisotopic (exact) mass is 299 g/mol. The highest BCUT2D eigenvalue weighted by molar-refractivity contribution is 6.30. The first-order chi connectivity index (χ1) is 9.52. The van der Waals surface area contributed by atoms with Crippen LogP contribution in [0.15, 0.2) is 18.2 Å². The van der Waals surface area contributed by atoms with E-state index >= 15 is 0 Å². The summed E-state index contributed by atoms with van der Waals surface area (Å²) >= 11 is 5.90. The van der Waals surface area contributed by atoms with E-state index < -0.39 is 5.60 Å². The molecule has 1 aliphatic rings. The van der Waals surface area contributed by atoms with Crippen LogP contribution in [0.3, 0.4) is 0 Å². The topological polar surface area (TPSA) is 32.3 Å². The minimum atomic E-state index is -0.796. The molecule has 1 saturated carbocycles. The van der Waals surface area contributed by atoms with Crippen LogP contribution >= 0.6 is 11.6 Å². The summed E-state index contributed by atoms with van der Waals surface area (Å²) in [7, 11) is 0. The van der Waals surface area contributed by atoms with Crippen molar-refractivity contribution in [1.29, 1.82) is 0 Å². The van der Waals surface area contributed by atoms with Gasteiger partial charge in [-0.2, -0.15) is 0 Å². The molecule has 4 heteroatoms. The van der Waals surface area contributed by atoms with Crippen molar-refractivity contribution >= 4 is 11.6 Å². The normalized spacial score (nSPS) is 26.7. The van der Waals surface area contributed by atoms with E-state index in [1.165, 1.54) is 12.1 Å². The van der Waals surface area contributed by atoms with Crippen molar-refractivity contribution < 1.29 is 9.50 Å². The molecular weight excluding hydrogens is 277 g/mol. The number of halogens is 2. The lowest BCUT2D eigenvalue weighted by atomic mass is 9.78. The molecule has 0 unspecified atom stereocenters. The lowest BCUT2D eigenvalue weighted by Crippen LogP contribution is -2.42. The minimum Gasteiger partial charge on any atom is -0.390 e. The van der Waals surface area contributed by atoms with Crippen LogP contribution in [0, 0.1) is 5.82 Å². The van der Waals surface area contributed by atoms with Crippen molar-refractivity contribution in [1.82, 2.24) is 5.32 Å². The fraction of sp³-hybridized carbons (Fsp3) is 0.625. The van der Waals surface area contributed by atoms with E-state index in [0.717, 1.165) is 25.8 Å². The zero-order valence-corrected chi connectivity index (χ0v) is 12.7. The molecule has 0 radical (unpaired) electrons. The molecular formula is C16H23ClFNO. The van der Waals surface area contributed by atoms with Crippen LogP contribution in [0.2, 0.25) is 5.02 Å². The van der Waals surface area contributed by atoms with Gasteiger partial charge in [0.2, 0.25) is 0 Å². The lowest BCUT2D eigenvalue weighted by Gasteiger charge is -2.36. The summed E-state index contributed by atoms with van der Waals surface area (Å²) in [6, 6.07) is 5.02. The molecule has 1 aliphatic carbocycles. The van der Waals surface area contributed by atoms with Gasteiger partial charge in [0, 0.05) is 17.5 Å². The van der Waals surface area contributed by atoms with Crippen molar-refractivity contribution in [2.45, 2.75) is 57.1 Å². The molecule has 0 atom stereocenters. The Morgan fingerprint density at radius 3 is 2.75 bits per heavy atom. The first kappa shape index (κ1) is 15.7. The smallest absolute Gasteiger partial charge is 0.126 e. The number of rotatable bonds is 5. The maximum absolute atomic E-state index is 13.8. The van der Waals surface area contributed by atoms with Crippen LogP contribution in [0.25, 0.3) is 0 Å². The third-order valence-corrected chi connectivity index (χ3v) is 4.36. The van der Waals surface area contributed by atoms with Crippen molar-refractivity contribution in [2.24, 2.45) is 0 Å². The van der Waals surface area contributed by atoms with Gasteiger partial charge in [0.1, 0.15) is 5.82 Å². The molecule has 20 heavy (non-hydrogen) atoms. The van der Waals surface area contributed by atoms with E-state index in [2.05, 4.69) is 12.2 Å². The van der Waals surface area contributed by atoms with Crippen LogP contribution < -0.4 is 5.32 Å². The van der Waals surface area contributed by atoms with Crippen LogP contribution in [0.4, 0.5) is 4.39 Å². The van der Waals surface area contributed by atoms with Crippen molar-refractivity contribution in [3.63, 3.8) is 0 Å². The average molecular weight is 300 g/mol. The predicted molar refractivity (Wildman–Crippen MR) is 80.6 cm³/mol. The van der Waals surface area contributed by atoms with Gasteiger partial charge >= 0.3 is 0 Å². The van der Waals surface area contributed by atoms with E-state index in [0.29, 0.717) is 35.9 Å². The van der Waals surface area contributed by atoms with E-state index in [-0.39, 0.29) is 5.82 Å². The highest BCUT2D eigenvalue weighted by atomic mass is 35.5. The fourth-order valence-corrected chi connectivity index (χ4v) is 3.11. The Morgan fingerprint density at radius 1 is 1.40 bits per heavy atom. The quantitative estimate of drug-likeness (QED) is 0.869. The van der Waals surface area contributed by atoms with Gasteiger partial charge in [-0.15, -0.1) is 0 Å². The first-order valence-corrected chi connectivity index (χ1v) is 7.80. The van der Waals surface area contributed by atoms with Crippen LogP contribution in [0.1, 0.15) is 44.6 Å². The maximum atomic E-state index is 13.8. The average Bonchev–Trinajstić information content (AvgIpc) is 2.42. The third-order valence-electron chi connectivity index (χ3n) is 4.13. The zero-order chi connectivity index (χ0) is 14.6. The van der Waals surface area contributed by atoms with Gasteiger partial charge in [0.15, 0.2) is 0 Å². The van der Waals surface area contributed by atoms with Crippen LogP contribution in [0.5, 0.6) is 0 Å². The molecule has 0 spiro atoms. The summed E-state index contributed by atoms with van der Waals surface area (Å²) in [4.78, 5) is 0. The molecule has 2 nitrogen and oxygen atoms in total. The molecule has 0 saturated heterocycles. The Morgan fingerprint density at radius 2 is 2.10 bits per heavy atom. The van der Waals surface area contributed by atoms with Gasteiger partial charge in [-0.3, -0.25) is 0 Å². The Kier molecular flexibility index (Phi) is 5.42. The predicted octanol–water partition coefficient (Wildman–Crippen LogP) is 3.69. The van der Waals surface area contributed by atoms with E-state index in [9.17, 15) is 9.50 Å². The number of aliphatic hydroxyl groups is 1. The Balaban J connectivity index is 1.94. The van der Waals surface area contributed by atoms with Crippen molar-refractivity contribution in [3.8, 4) is 0 Å². The Bertz CT molecular complexity index is 444. The number of hydrogen-bond acceptors (Lipinski definition) is 2. The summed E-state index contributed by atoms with van der Waals surface area (Å²) in [6.07, 6.45) is 4.77. The second kappa shape index (κ2) is 6.88. The number of benzene rings is 1. The summed E-state index contributed by atoms with van der Waals surface area (Å²) in [6.45, 7) is 3.17. The van der Waals surface area contributed by atoms with Crippen LogP contribution in [-0.4, -0.2) is 23.3 Å². The molecule has 0 heterocycles. The van der Waals surface area contributed by atoms with Crippen molar-refractivity contribution in [2.75, 3.05) is 6.54 Å².